The molecule has 0 amide bonds. The summed E-state index contributed by atoms with van der Waals surface area (Å²) in [6.45, 7) is 0. The Morgan fingerprint density at radius 2 is 1.48 bits per heavy atom. The Kier molecular flexibility index (Phi) is 7.74. The number of fused-ring (bicyclic) bond motifs is 1. The van der Waals surface area contributed by atoms with Crippen LogP contribution in [0.3, 0.4) is 0 Å². The first kappa shape index (κ1) is 20.2. The van der Waals surface area contributed by atoms with E-state index in [2.05, 4.69) is 60.7 Å². The van der Waals surface area contributed by atoms with Gasteiger partial charge in [0.1, 0.15) is 0 Å². The maximum absolute atomic E-state index is 3.32. The van der Waals surface area contributed by atoms with E-state index in [9.17, 15) is 0 Å². The summed E-state index contributed by atoms with van der Waals surface area (Å²) >= 11 is 0. The van der Waals surface area contributed by atoms with Crippen molar-refractivity contribution in [3.05, 3.63) is 94.6 Å². The van der Waals surface area contributed by atoms with Gasteiger partial charge in [-0.2, -0.15) is 0 Å². The Labute approximate surface area is 169 Å². The van der Waals surface area contributed by atoms with E-state index >= 15 is 0 Å². The van der Waals surface area contributed by atoms with Gasteiger partial charge in [0, 0.05) is 26.2 Å². The fraction of sp³-hybridized carbons (Fsp3) is 0.100. The minimum Gasteiger partial charge on any atom is -0.147 e. The van der Waals surface area contributed by atoms with Crippen molar-refractivity contribution in [2.24, 2.45) is 0 Å². The van der Waals surface area contributed by atoms with Crippen molar-refractivity contribution >= 4 is 36.5 Å². The van der Waals surface area contributed by atoms with Gasteiger partial charge in [0.25, 0.3) is 0 Å². The standard InChI is InChI=1S/C20H15.2ClH.Zr/c1-2-6-15(7-3-1)18-10-11-19(12-18)20-13-16-8-4-5-9-17(16)14-20;;;/h1-6,8-11,13H,12,14H2;2*1H;/q-1;;;. The third-order valence-corrected chi connectivity index (χ3v) is 4.10. The summed E-state index contributed by atoms with van der Waals surface area (Å²) in [6, 6.07) is 20.2. The third-order valence-electron chi connectivity index (χ3n) is 4.10. The first-order valence-corrected chi connectivity index (χ1v) is 7.06. The molecule has 0 fully saturated rings. The second-order valence-corrected chi connectivity index (χ2v) is 5.38. The van der Waals surface area contributed by atoms with Gasteiger partial charge in [0.2, 0.25) is 0 Å². The maximum Gasteiger partial charge on any atom is 0 e. The Morgan fingerprint density at radius 3 is 2.22 bits per heavy atom. The number of hydrogen-bond donors (Lipinski definition) is 0. The molecule has 2 aliphatic rings. The van der Waals surface area contributed by atoms with Crippen LogP contribution in [0.15, 0.2) is 71.8 Å². The zero-order valence-corrected chi connectivity index (χ0v) is 16.7. The van der Waals surface area contributed by atoms with Gasteiger partial charge in [-0.25, -0.2) is 0 Å². The van der Waals surface area contributed by atoms with Crippen molar-refractivity contribution in [2.75, 3.05) is 0 Å². The molecule has 0 nitrogen and oxygen atoms in total. The molecule has 2 aromatic rings. The van der Waals surface area contributed by atoms with Crippen LogP contribution in [0.1, 0.15) is 23.1 Å². The van der Waals surface area contributed by atoms with E-state index in [-0.39, 0.29) is 51.0 Å². The van der Waals surface area contributed by atoms with Crippen LogP contribution in [-0.2, 0) is 32.6 Å². The molecule has 116 valence electrons. The number of halogens is 2. The largest absolute Gasteiger partial charge is 0.147 e. The van der Waals surface area contributed by atoms with E-state index in [1.54, 1.807) is 0 Å². The molecule has 0 radical (unpaired) electrons. The van der Waals surface area contributed by atoms with Crippen LogP contribution in [0.25, 0.3) is 11.6 Å². The van der Waals surface area contributed by atoms with Gasteiger partial charge in [0.15, 0.2) is 0 Å². The van der Waals surface area contributed by atoms with Gasteiger partial charge in [-0.3, -0.25) is 0 Å². The Morgan fingerprint density at radius 1 is 0.739 bits per heavy atom. The van der Waals surface area contributed by atoms with Crippen molar-refractivity contribution in [3.8, 4) is 0 Å². The first-order valence-electron chi connectivity index (χ1n) is 7.06. The van der Waals surface area contributed by atoms with Crippen LogP contribution in [0.2, 0.25) is 0 Å². The summed E-state index contributed by atoms with van der Waals surface area (Å²) in [7, 11) is 0. The van der Waals surface area contributed by atoms with Crippen molar-refractivity contribution in [2.45, 2.75) is 12.8 Å². The van der Waals surface area contributed by atoms with Crippen molar-refractivity contribution in [3.63, 3.8) is 0 Å². The van der Waals surface area contributed by atoms with E-state index in [0.29, 0.717) is 0 Å². The number of benzene rings is 2. The molecule has 2 aromatic carbocycles. The van der Waals surface area contributed by atoms with Crippen LogP contribution in [0.4, 0.5) is 0 Å². The SMILES string of the molecule is Cl.Cl.[Zr].[c-]1ccccc1C1=CC=C(C2=Cc3ccccc3C2)C1. The molecule has 0 heterocycles. The first-order chi connectivity index (χ1) is 9.90. The predicted octanol–water partition coefficient (Wildman–Crippen LogP) is 5.68. The van der Waals surface area contributed by atoms with E-state index in [0.717, 1.165) is 12.8 Å². The molecular weight excluding hydrogens is 402 g/mol. The second-order valence-electron chi connectivity index (χ2n) is 5.38. The number of rotatable bonds is 2. The van der Waals surface area contributed by atoms with E-state index in [1.807, 2.05) is 12.1 Å². The van der Waals surface area contributed by atoms with Crippen molar-refractivity contribution < 1.29 is 26.2 Å². The molecule has 23 heavy (non-hydrogen) atoms. The maximum atomic E-state index is 3.32. The summed E-state index contributed by atoms with van der Waals surface area (Å²) in [6.07, 6.45) is 8.95. The quantitative estimate of drug-likeness (QED) is 0.550. The molecule has 0 aliphatic heterocycles. The molecular formula is C20H17Cl2Zr-. The summed E-state index contributed by atoms with van der Waals surface area (Å²) < 4.78 is 0. The predicted molar refractivity (Wildman–Crippen MR) is 98.6 cm³/mol. The van der Waals surface area contributed by atoms with Crippen LogP contribution in [-0.4, -0.2) is 0 Å². The minimum absolute atomic E-state index is 0. The zero-order valence-electron chi connectivity index (χ0n) is 12.6. The topological polar surface area (TPSA) is 0 Å². The molecule has 0 spiro atoms. The van der Waals surface area contributed by atoms with E-state index in [1.165, 1.54) is 33.4 Å². The number of allylic oxidation sites excluding steroid dienone is 5. The monoisotopic (exact) mass is 417 g/mol. The Balaban J connectivity index is 0.000000882. The molecule has 0 bridgehead atoms. The fourth-order valence-electron chi connectivity index (χ4n) is 3.01. The fourth-order valence-corrected chi connectivity index (χ4v) is 3.01. The van der Waals surface area contributed by atoms with Crippen LogP contribution in [0, 0.1) is 6.07 Å². The van der Waals surface area contributed by atoms with Gasteiger partial charge in [0.05, 0.1) is 0 Å². The second kappa shape index (κ2) is 8.83. The summed E-state index contributed by atoms with van der Waals surface area (Å²) in [5.74, 6) is 0. The molecule has 3 heteroatoms. The van der Waals surface area contributed by atoms with Crippen LogP contribution in [0.5, 0.6) is 0 Å². The van der Waals surface area contributed by atoms with Gasteiger partial charge < -0.3 is 0 Å². The third kappa shape index (κ3) is 4.15. The minimum atomic E-state index is 0. The van der Waals surface area contributed by atoms with E-state index < -0.39 is 0 Å². The van der Waals surface area contributed by atoms with Gasteiger partial charge in [-0.15, -0.1) is 66.3 Å². The smallest absolute Gasteiger partial charge is 0 e. The normalized spacial score (nSPS) is 14.3. The van der Waals surface area contributed by atoms with Gasteiger partial charge >= 0.3 is 0 Å². The Bertz CT molecular complexity index is 758. The summed E-state index contributed by atoms with van der Waals surface area (Å²) in [4.78, 5) is 0. The molecule has 4 rings (SSSR count). The average Bonchev–Trinajstić information content (AvgIpc) is 3.14. The average molecular weight is 419 g/mol. The molecule has 0 N–H and O–H groups in total. The zero-order chi connectivity index (χ0) is 13.4. The molecule has 0 atom stereocenters. The molecule has 0 unspecified atom stereocenters. The summed E-state index contributed by atoms with van der Waals surface area (Å²) in [5, 5.41) is 0. The molecule has 0 saturated heterocycles. The number of hydrogen-bond acceptors (Lipinski definition) is 0. The molecule has 0 saturated carbocycles. The van der Waals surface area contributed by atoms with Crippen molar-refractivity contribution in [1.29, 1.82) is 0 Å². The van der Waals surface area contributed by atoms with Crippen molar-refractivity contribution in [1.82, 2.24) is 0 Å². The van der Waals surface area contributed by atoms with Gasteiger partial charge in [-0.1, -0.05) is 42.5 Å². The van der Waals surface area contributed by atoms with Crippen LogP contribution < -0.4 is 0 Å². The summed E-state index contributed by atoms with van der Waals surface area (Å²) in [5.41, 5.74) is 8.33. The van der Waals surface area contributed by atoms with Crippen LogP contribution >= 0.6 is 24.8 Å². The van der Waals surface area contributed by atoms with Gasteiger partial charge in [-0.05, 0) is 35.1 Å². The molecule has 0 aromatic heterocycles. The molecule has 2 aliphatic carbocycles. The van der Waals surface area contributed by atoms with E-state index in [4.69, 9.17) is 0 Å². The Hall–Kier alpha value is -0.877.